The predicted octanol–water partition coefficient (Wildman–Crippen LogP) is 1.45. The molecule has 192 valence electrons. The Bertz CT molecular complexity index is 638. The molecule has 0 aromatic rings. The third-order valence-electron chi connectivity index (χ3n) is 5.82. The lowest BCUT2D eigenvalue weighted by molar-refractivity contribution is -0.142. The molecule has 6 atom stereocenters. The van der Waals surface area contributed by atoms with E-state index in [-0.39, 0.29) is 18.3 Å². The SMILES string of the molecule is CCC(C)C(N)C(=O)NC(C(=O)NC(CCSC)C(=O)NC(CCSC)C(=O)O)C(C)CC. The quantitative estimate of drug-likeness (QED) is 0.199. The Kier molecular flexibility index (Phi) is 16.3. The minimum absolute atomic E-state index is 0.0417. The molecular weight excluding hydrogens is 464 g/mol. The first-order chi connectivity index (χ1) is 15.5. The number of carboxylic acids is 1. The number of amides is 3. The van der Waals surface area contributed by atoms with Gasteiger partial charge in [-0.05, 0) is 48.7 Å². The second-order valence-corrected chi connectivity index (χ2v) is 10.3. The summed E-state index contributed by atoms with van der Waals surface area (Å²) in [6, 6.07) is -3.53. The average Bonchev–Trinajstić information content (AvgIpc) is 2.80. The molecule has 0 bridgehead atoms. The molecule has 0 spiro atoms. The van der Waals surface area contributed by atoms with Gasteiger partial charge in [0.15, 0.2) is 0 Å². The maximum atomic E-state index is 13.1. The topological polar surface area (TPSA) is 151 Å². The standard InChI is InChI=1S/C22H42N4O5S2/c1-7-13(3)17(23)20(28)26-18(14(4)8-2)21(29)24-15(9-11-32-5)19(27)25-16(22(30)31)10-12-33-6/h13-18H,7-12,23H2,1-6H3,(H,24,29)(H,25,27)(H,26,28)(H,30,31). The Morgan fingerprint density at radius 1 is 0.788 bits per heavy atom. The summed E-state index contributed by atoms with van der Waals surface area (Å²) in [5.74, 6) is -1.59. The largest absolute Gasteiger partial charge is 0.480 e. The van der Waals surface area contributed by atoms with Gasteiger partial charge in [0.2, 0.25) is 17.7 Å². The highest BCUT2D eigenvalue weighted by Gasteiger charge is 2.32. The van der Waals surface area contributed by atoms with Gasteiger partial charge < -0.3 is 26.8 Å². The zero-order valence-electron chi connectivity index (χ0n) is 20.7. The third kappa shape index (κ3) is 11.5. The monoisotopic (exact) mass is 506 g/mol. The normalized spacial score (nSPS) is 16.6. The zero-order valence-corrected chi connectivity index (χ0v) is 22.3. The molecule has 0 aliphatic rings. The predicted molar refractivity (Wildman–Crippen MR) is 136 cm³/mol. The fourth-order valence-corrected chi connectivity index (χ4v) is 3.94. The molecule has 0 heterocycles. The van der Waals surface area contributed by atoms with Gasteiger partial charge in [-0.15, -0.1) is 0 Å². The van der Waals surface area contributed by atoms with Crippen molar-refractivity contribution in [2.24, 2.45) is 17.6 Å². The van der Waals surface area contributed by atoms with Crippen LogP contribution in [0.1, 0.15) is 53.4 Å². The van der Waals surface area contributed by atoms with Crippen LogP contribution in [0.5, 0.6) is 0 Å². The van der Waals surface area contributed by atoms with Gasteiger partial charge in [-0.1, -0.05) is 40.5 Å². The van der Waals surface area contributed by atoms with Crippen molar-refractivity contribution in [3.63, 3.8) is 0 Å². The van der Waals surface area contributed by atoms with Crippen LogP contribution in [-0.4, -0.2) is 77.0 Å². The minimum Gasteiger partial charge on any atom is -0.480 e. The Morgan fingerprint density at radius 2 is 1.27 bits per heavy atom. The molecule has 9 nitrogen and oxygen atoms in total. The van der Waals surface area contributed by atoms with Crippen molar-refractivity contribution in [2.45, 2.75) is 77.5 Å². The summed E-state index contributed by atoms with van der Waals surface area (Å²) in [4.78, 5) is 50.2. The summed E-state index contributed by atoms with van der Waals surface area (Å²) in [5.41, 5.74) is 6.03. The van der Waals surface area contributed by atoms with Crippen molar-refractivity contribution in [3.05, 3.63) is 0 Å². The van der Waals surface area contributed by atoms with Crippen LogP contribution in [0.4, 0.5) is 0 Å². The first kappa shape index (κ1) is 31.5. The van der Waals surface area contributed by atoms with Crippen molar-refractivity contribution in [1.82, 2.24) is 16.0 Å². The molecule has 0 fully saturated rings. The maximum Gasteiger partial charge on any atom is 0.326 e. The Hall–Kier alpha value is -1.46. The molecule has 11 heteroatoms. The highest BCUT2D eigenvalue weighted by atomic mass is 32.2. The van der Waals surface area contributed by atoms with E-state index in [9.17, 15) is 24.3 Å². The second kappa shape index (κ2) is 17.0. The zero-order chi connectivity index (χ0) is 25.6. The smallest absolute Gasteiger partial charge is 0.326 e. The summed E-state index contributed by atoms with van der Waals surface area (Å²) in [5, 5.41) is 17.5. The maximum absolute atomic E-state index is 13.1. The molecule has 6 N–H and O–H groups in total. The minimum atomic E-state index is -1.11. The van der Waals surface area contributed by atoms with E-state index in [1.54, 1.807) is 0 Å². The van der Waals surface area contributed by atoms with Crippen LogP contribution in [0.2, 0.25) is 0 Å². The van der Waals surface area contributed by atoms with E-state index in [4.69, 9.17) is 5.73 Å². The van der Waals surface area contributed by atoms with Gasteiger partial charge in [0.1, 0.15) is 18.1 Å². The van der Waals surface area contributed by atoms with Gasteiger partial charge in [-0.2, -0.15) is 23.5 Å². The summed E-state index contributed by atoms with van der Waals surface area (Å²) in [6.45, 7) is 7.57. The number of hydrogen-bond donors (Lipinski definition) is 5. The van der Waals surface area contributed by atoms with E-state index < -0.39 is 47.9 Å². The summed E-state index contributed by atoms with van der Waals surface area (Å²) in [6.07, 6.45) is 5.72. The van der Waals surface area contributed by atoms with Crippen molar-refractivity contribution < 1.29 is 24.3 Å². The Balaban J connectivity index is 5.50. The summed E-state index contributed by atoms with van der Waals surface area (Å²) in [7, 11) is 0. The van der Waals surface area contributed by atoms with E-state index in [2.05, 4.69) is 16.0 Å². The van der Waals surface area contributed by atoms with E-state index in [1.165, 1.54) is 23.5 Å². The molecular formula is C22H42N4O5S2. The van der Waals surface area contributed by atoms with Crippen LogP contribution in [0, 0.1) is 11.8 Å². The molecule has 0 aliphatic carbocycles. The molecule has 0 rings (SSSR count). The number of carbonyl (C=O) groups excluding carboxylic acids is 3. The highest BCUT2D eigenvalue weighted by Crippen LogP contribution is 2.12. The van der Waals surface area contributed by atoms with Crippen LogP contribution in [0.25, 0.3) is 0 Å². The Morgan fingerprint density at radius 3 is 1.73 bits per heavy atom. The highest BCUT2D eigenvalue weighted by molar-refractivity contribution is 7.98. The van der Waals surface area contributed by atoms with Gasteiger partial charge >= 0.3 is 5.97 Å². The number of nitrogens with one attached hydrogen (secondary N) is 3. The van der Waals surface area contributed by atoms with E-state index in [1.807, 2.05) is 40.2 Å². The van der Waals surface area contributed by atoms with Crippen molar-refractivity contribution in [1.29, 1.82) is 0 Å². The Labute approximate surface area is 206 Å². The number of nitrogens with two attached hydrogens (primary N) is 1. The van der Waals surface area contributed by atoms with Crippen molar-refractivity contribution in [2.75, 3.05) is 24.0 Å². The number of hydrogen-bond acceptors (Lipinski definition) is 7. The first-order valence-corrected chi connectivity index (χ1v) is 14.2. The van der Waals surface area contributed by atoms with Crippen LogP contribution in [0.3, 0.4) is 0 Å². The third-order valence-corrected chi connectivity index (χ3v) is 7.11. The second-order valence-electron chi connectivity index (χ2n) is 8.31. The lowest BCUT2D eigenvalue weighted by Crippen LogP contribution is -2.59. The molecule has 0 aromatic carbocycles. The van der Waals surface area contributed by atoms with E-state index in [0.29, 0.717) is 24.3 Å². The van der Waals surface area contributed by atoms with Gasteiger partial charge in [0.05, 0.1) is 6.04 Å². The molecule has 0 saturated heterocycles. The van der Waals surface area contributed by atoms with Gasteiger partial charge in [-0.25, -0.2) is 4.79 Å². The molecule has 6 unspecified atom stereocenters. The number of rotatable bonds is 17. The lowest BCUT2D eigenvalue weighted by Gasteiger charge is -2.28. The lowest BCUT2D eigenvalue weighted by atomic mass is 9.95. The first-order valence-electron chi connectivity index (χ1n) is 11.4. The molecule has 0 saturated carbocycles. The van der Waals surface area contributed by atoms with Crippen LogP contribution in [0.15, 0.2) is 0 Å². The van der Waals surface area contributed by atoms with E-state index >= 15 is 0 Å². The number of aliphatic carboxylic acids is 1. The van der Waals surface area contributed by atoms with E-state index in [0.717, 1.165) is 6.42 Å². The molecule has 0 aromatic heterocycles. The van der Waals surface area contributed by atoms with Crippen molar-refractivity contribution >= 4 is 47.2 Å². The van der Waals surface area contributed by atoms with Gasteiger partial charge in [0, 0.05) is 0 Å². The van der Waals surface area contributed by atoms with Gasteiger partial charge in [-0.3, -0.25) is 14.4 Å². The summed E-state index contributed by atoms with van der Waals surface area (Å²) >= 11 is 3.01. The molecule has 0 aliphatic heterocycles. The van der Waals surface area contributed by atoms with Crippen LogP contribution in [-0.2, 0) is 19.2 Å². The molecule has 0 radical (unpaired) electrons. The van der Waals surface area contributed by atoms with Gasteiger partial charge in [0.25, 0.3) is 0 Å². The number of carboxylic acid groups (broad SMARTS) is 1. The number of thioether (sulfide) groups is 2. The fraction of sp³-hybridized carbons (Fsp3) is 0.818. The number of carbonyl (C=O) groups is 4. The van der Waals surface area contributed by atoms with Crippen LogP contribution < -0.4 is 21.7 Å². The average molecular weight is 507 g/mol. The van der Waals surface area contributed by atoms with Crippen LogP contribution >= 0.6 is 23.5 Å². The molecule has 33 heavy (non-hydrogen) atoms. The van der Waals surface area contributed by atoms with Crippen molar-refractivity contribution in [3.8, 4) is 0 Å². The summed E-state index contributed by atoms with van der Waals surface area (Å²) < 4.78 is 0. The molecule has 3 amide bonds. The fourth-order valence-electron chi connectivity index (χ4n) is 3.00.